The highest BCUT2D eigenvalue weighted by atomic mass is 16.6. The molecule has 0 aliphatic rings. The number of amidine groups is 1. The normalized spacial score (nSPS) is 12.0. The van der Waals surface area contributed by atoms with Crippen molar-refractivity contribution < 1.29 is 24.1 Å². The Labute approximate surface area is 147 Å². The third kappa shape index (κ3) is 10.3. The molecule has 9 heteroatoms. The number of aliphatic hydroxyl groups is 1. The van der Waals surface area contributed by atoms with Crippen molar-refractivity contribution in [3.8, 4) is 5.75 Å². The predicted octanol–water partition coefficient (Wildman–Crippen LogP) is -0.285. The van der Waals surface area contributed by atoms with E-state index in [0.29, 0.717) is 52.0 Å². The third-order valence-corrected chi connectivity index (χ3v) is 2.86. The quantitative estimate of drug-likeness (QED) is 0.181. The molecule has 0 aliphatic carbocycles. The van der Waals surface area contributed by atoms with Crippen LogP contribution in [-0.2, 0) is 14.2 Å². The second-order valence-electron chi connectivity index (χ2n) is 4.68. The molecule has 25 heavy (non-hydrogen) atoms. The standard InChI is InChI=1S/C16H26N4O5/c17-13-19-20-16(18)14-1-3-15(4-2-14)25-12-11-24-10-9-23-8-7-22-6-5-21/h1-4,13,21H,5-12H2,(H2,17,19)(H2,18,20). The van der Waals surface area contributed by atoms with Crippen molar-refractivity contribution in [2.45, 2.75) is 0 Å². The van der Waals surface area contributed by atoms with Gasteiger partial charge in [0, 0.05) is 5.56 Å². The van der Waals surface area contributed by atoms with Crippen LogP contribution in [0, 0.1) is 0 Å². The molecular weight excluding hydrogens is 328 g/mol. The van der Waals surface area contributed by atoms with Gasteiger partial charge in [0.05, 0.1) is 46.2 Å². The number of nitrogens with zero attached hydrogens (tertiary/aromatic N) is 2. The smallest absolute Gasteiger partial charge is 0.153 e. The Morgan fingerprint density at radius 1 is 0.920 bits per heavy atom. The SMILES string of the molecule is N/C=N\N=C(/N)c1ccc(OCCOCCOCCOCCO)cc1. The number of hydrogen-bond acceptors (Lipinski definition) is 7. The van der Waals surface area contributed by atoms with E-state index in [2.05, 4.69) is 10.2 Å². The van der Waals surface area contributed by atoms with Crippen LogP contribution in [0.15, 0.2) is 34.5 Å². The summed E-state index contributed by atoms with van der Waals surface area (Å²) in [7, 11) is 0. The van der Waals surface area contributed by atoms with Crippen molar-refractivity contribution in [1.29, 1.82) is 0 Å². The summed E-state index contributed by atoms with van der Waals surface area (Å²) in [6.45, 7) is 3.16. The summed E-state index contributed by atoms with van der Waals surface area (Å²) in [4.78, 5) is 0. The van der Waals surface area contributed by atoms with E-state index in [1.54, 1.807) is 24.3 Å². The monoisotopic (exact) mass is 354 g/mol. The van der Waals surface area contributed by atoms with E-state index in [4.69, 9.17) is 35.5 Å². The van der Waals surface area contributed by atoms with E-state index in [1.165, 1.54) is 0 Å². The van der Waals surface area contributed by atoms with E-state index in [-0.39, 0.29) is 12.4 Å². The maximum atomic E-state index is 8.52. The average molecular weight is 354 g/mol. The number of nitrogens with two attached hydrogens (primary N) is 2. The van der Waals surface area contributed by atoms with Crippen molar-refractivity contribution in [1.82, 2.24) is 0 Å². The minimum atomic E-state index is 0.0235. The van der Waals surface area contributed by atoms with E-state index >= 15 is 0 Å². The lowest BCUT2D eigenvalue weighted by atomic mass is 10.2. The number of rotatable bonds is 14. The molecule has 0 saturated carbocycles. The summed E-state index contributed by atoms with van der Waals surface area (Å²) in [6.07, 6.45) is 1.07. The Hall–Kier alpha value is -2.20. The van der Waals surface area contributed by atoms with Crippen LogP contribution in [-0.4, -0.2) is 70.1 Å². The van der Waals surface area contributed by atoms with E-state index in [0.717, 1.165) is 11.9 Å². The largest absolute Gasteiger partial charge is 0.491 e. The maximum absolute atomic E-state index is 8.52. The highest BCUT2D eigenvalue weighted by molar-refractivity contribution is 5.97. The fourth-order valence-corrected chi connectivity index (χ4v) is 1.70. The topological polar surface area (TPSA) is 134 Å². The maximum Gasteiger partial charge on any atom is 0.153 e. The Morgan fingerprint density at radius 3 is 2.04 bits per heavy atom. The van der Waals surface area contributed by atoms with Crippen molar-refractivity contribution >= 4 is 12.2 Å². The van der Waals surface area contributed by atoms with Gasteiger partial charge in [0.25, 0.3) is 0 Å². The molecule has 0 unspecified atom stereocenters. The predicted molar refractivity (Wildman–Crippen MR) is 94.9 cm³/mol. The van der Waals surface area contributed by atoms with Crippen molar-refractivity contribution in [3.05, 3.63) is 29.8 Å². The first-order valence-electron chi connectivity index (χ1n) is 7.92. The molecule has 0 atom stereocenters. The Morgan fingerprint density at radius 2 is 1.48 bits per heavy atom. The van der Waals surface area contributed by atoms with Crippen LogP contribution in [0.1, 0.15) is 5.56 Å². The number of aliphatic hydroxyl groups excluding tert-OH is 1. The first-order valence-corrected chi connectivity index (χ1v) is 7.92. The van der Waals surface area contributed by atoms with Crippen LogP contribution < -0.4 is 16.2 Å². The second kappa shape index (κ2) is 14.2. The minimum absolute atomic E-state index is 0.0235. The van der Waals surface area contributed by atoms with Crippen LogP contribution in [0.3, 0.4) is 0 Å². The van der Waals surface area contributed by atoms with Crippen molar-refractivity contribution in [3.63, 3.8) is 0 Å². The zero-order valence-corrected chi connectivity index (χ0v) is 14.2. The van der Waals surface area contributed by atoms with E-state index < -0.39 is 0 Å². The van der Waals surface area contributed by atoms with Gasteiger partial charge >= 0.3 is 0 Å². The molecular formula is C16H26N4O5. The van der Waals surface area contributed by atoms with Crippen LogP contribution in [0.25, 0.3) is 0 Å². The van der Waals surface area contributed by atoms with Crippen LogP contribution in [0.2, 0.25) is 0 Å². The van der Waals surface area contributed by atoms with Gasteiger partial charge in [-0.15, -0.1) is 10.2 Å². The molecule has 0 aliphatic heterocycles. The lowest BCUT2D eigenvalue weighted by Gasteiger charge is -2.08. The molecule has 0 saturated heterocycles. The molecule has 0 heterocycles. The fourth-order valence-electron chi connectivity index (χ4n) is 1.70. The van der Waals surface area contributed by atoms with Gasteiger partial charge in [0.15, 0.2) is 5.84 Å². The van der Waals surface area contributed by atoms with E-state index in [1.807, 2.05) is 0 Å². The zero-order chi connectivity index (χ0) is 18.2. The van der Waals surface area contributed by atoms with Gasteiger partial charge in [0.1, 0.15) is 18.7 Å². The van der Waals surface area contributed by atoms with Gasteiger partial charge in [-0.25, -0.2) is 0 Å². The summed E-state index contributed by atoms with van der Waals surface area (Å²) >= 11 is 0. The molecule has 0 radical (unpaired) electrons. The summed E-state index contributed by atoms with van der Waals surface area (Å²) in [5, 5.41) is 15.8. The van der Waals surface area contributed by atoms with Gasteiger partial charge in [0.2, 0.25) is 0 Å². The molecule has 0 fully saturated rings. The number of ether oxygens (including phenoxy) is 4. The molecule has 0 spiro atoms. The molecule has 0 amide bonds. The summed E-state index contributed by atoms with van der Waals surface area (Å²) in [5.74, 6) is 0.984. The lowest BCUT2D eigenvalue weighted by molar-refractivity contribution is 0.00361. The van der Waals surface area contributed by atoms with E-state index in [9.17, 15) is 0 Å². The Balaban J connectivity index is 2.07. The van der Waals surface area contributed by atoms with Crippen LogP contribution >= 0.6 is 0 Å². The van der Waals surface area contributed by atoms with Gasteiger partial charge in [-0.1, -0.05) is 0 Å². The molecule has 9 nitrogen and oxygen atoms in total. The average Bonchev–Trinajstić information content (AvgIpc) is 2.64. The fraction of sp³-hybridized carbons (Fsp3) is 0.500. The van der Waals surface area contributed by atoms with Gasteiger partial charge in [-0.2, -0.15) is 0 Å². The van der Waals surface area contributed by atoms with Gasteiger partial charge < -0.3 is 35.5 Å². The minimum Gasteiger partial charge on any atom is -0.491 e. The molecule has 1 aromatic rings. The molecule has 1 aromatic carbocycles. The summed E-state index contributed by atoms with van der Waals surface area (Å²) < 4.78 is 21.3. The second-order valence-corrected chi connectivity index (χ2v) is 4.68. The van der Waals surface area contributed by atoms with Crippen LogP contribution in [0.4, 0.5) is 0 Å². The summed E-state index contributed by atoms with van der Waals surface area (Å²) in [5.41, 5.74) is 11.6. The zero-order valence-electron chi connectivity index (χ0n) is 14.2. The van der Waals surface area contributed by atoms with Gasteiger partial charge in [-0.3, -0.25) is 0 Å². The molecule has 0 bridgehead atoms. The van der Waals surface area contributed by atoms with Crippen LogP contribution in [0.5, 0.6) is 5.75 Å². The Bertz CT molecular complexity index is 508. The van der Waals surface area contributed by atoms with Crippen molar-refractivity contribution in [2.24, 2.45) is 21.7 Å². The highest BCUT2D eigenvalue weighted by Gasteiger charge is 2.00. The first kappa shape index (κ1) is 20.8. The number of hydrogen-bond donors (Lipinski definition) is 3. The number of benzene rings is 1. The molecule has 1 rings (SSSR count). The van der Waals surface area contributed by atoms with Gasteiger partial charge in [-0.05, 0) is 24.3 Å². The highest BCUT2D eigenvalue weighted by Crippen LogP contribution is 2.12. The Kier molecular flexibility index (Phi) is 11.8. The summed E-state index contributed by atoms with van der Waals surface area (Å²) in [6, 6.07) is 7.15. The first-order chi connectivity index (χ1) is 12.3. The van der Waals surface area contributed by atoms with Crippen molar-refractivity contribution in [2.75, 3.05) is 52.9 Å². The molecule has 140 valence electrons. The molecule has 5 N–H and O–H groups in total. The molecule has 0 aromatic heterocycles. The third-order valence-electron chi connectivity index (χ3n) is 2.86. The lowest BCUT2D eigenvalue weighted by Crippen LogP contribution is -2.14.